The Kier molecular flexibility index (Phi) is 3.22. The molecule has 3 rings (SSSR count). The number of rotatable bonds is 1. The smallest absolute Gasteiger partial charge is 0.261 e. The highest BCUT2D eigenvalue weighted by Gasteiger charge is 2.27. The molecule has 1 aliphatic heterocycles. The number of amides is 1. The Bertz CT molecular complexity index is 702. The van der Waals surface area contributed by atoms with E-state index in [1.54, 1.807) is 23.1 Å². The van der Waals surface area contributed by atoms with E-state index in [4.69, 9.17) is 5.73 Å². The van der Waals surface area contributed by atoms with Crippen LogP contribution in [0.15, 0.2) is 40.9 Å². The predicted octanol–water partition coefficient (Wildman–Crippen LogP) is 3.37. The molecule has 0 saturated carbocycles. The van der Waals surface area contributed by atoms with Gasteiger partial charge in [-0.05, 0) is 58.2 Å². The second-order valence-electron chi connectivity index (χ2n) is 4.70. The summed E-state index contributed by atoms with van der Waals surface area (Å²) in [5.74, 6) is -0.853. The highest BCUT2D eigenvalue weighted by Crippen LogP contribution is 2.31. The summed E-state index contributed by atoms with van der Waals surface area (Å²) >= 11 is 3.10. The summed E-state index contributed by atoms with van der Waals surface area (Å²) in [5.41, 5.74) is 8.31. The van der Waals surface area contributed by atoms with Gasteiger partial charge in [-0.25, -0.2) is 4.39 Å². The molecule has 0 unspecified atom stereocenters. The minimum absolute atomic E-state index is 0.0732. The fourth-order valence-corrected chi connectivity index (χ4v) is 2.81. The van der Waals surface area contributed by atoms with E-state index in [1.165, 1.54) is 6.07 Å². The van der Waals surface area contributed by atoms with Crippen molar-refractivity contribution in [2.24, 2.45) is 0 Å². The van der Waals surface area contributed by atoms with Crippen molar-refractivity contribution >= 4 is 33.2 Å². The number of nitrogens with zero attached hydrogens (tertiary/aromatic N) is 1. The molecule has 2 aromatic carbocycles. The molecule has 1 heterocycles. The van der Waals surface area contributed by atoms with E-state index in [0.29, 0.717) is 16.7 Å². The Morgan fingerprint density at radius 1 is 1.30 bits per heavy atom. The van der Waals surface area contributed by atoms with Gasteiger partial charge in [0.15, 0.2) is 0 Å². The lowest BCUT2D eigenvalue weighted by Gasteiger charge is -2.18. The van der Waals surface area contributed by atoms with Crippen molar-refractivity contribution in [3.05, 3.63) is 57.8 Å². The Hall–Kier alpha value is -1.88. The van der Waals surface area contributed by atoms with Gasteiger partial charge >= 0.3 is 0 Å². The third-order valence-corrected chi connectivity index (χ3v) is 4.04. The van der Waals surface area contributed by atoms with E-state index in [1.807, 2.05) is 12.1 Å². The molecule has 20 heavy (non-hydrogen) atoms. The molecule has 1 aliphatic rings. The Morgan fingerprint density at radius 3 is 2.90 bits per heavy atom. The number of hydrogen-bond acceptors (Lipinski definition) is 2. The quantitative estimate of drug-likeness (QED) is 0.812. The number of carbonyl (C=O) groups is 1. The number of hydrogen-bond donors (Lipinski definition) is 1. The fourth-order valence-electron chi connectivity index (χ4n) is 2.45. The molecule has 0 atom stereocenters. The maximum atomic E-state index is 14.0. The van der Waals surface area contributed by atoms with Crippen molar-refractivity contribution in [2.45, 2.75) is 6.42 Å². The zero-order valence-electron chi connectivity index (χ0n) is 10.6. The molecular formula is C15H12BrFN2O. The monoisotopic (exact) mass is 334 g/mol. The van der Waals surface area contributed by atoms with Crippen molar-refractivity contribution in [3.8, 4) is 0 Å². The van der Waals surface area contributed by atoms with Crippen molar-refractivity contribution in [1.82, 2.24) is 0 Å². The summed E-state index contributed by atoms with van der Waals surface area (Å²) in [5, 5.41) is 0. The van der Waals surface area contributed by atoms with E-state index in [-0.39, 0.29) is 11.5 Å². The van der Waals surface area contributed by atoms with Crippen LogP contribution in [0.2, 0.25) is 0 Å². The van der Waals surface area contributed by atoms with Gasteiger partial charge in [-0.2, -0.15) is 0 Å². The lowest BCUT2D eigenvalue weighted by atomic mass is 10.1. The first-order valence-corrected chi connectivity index (χ1v) is 7.01. The van der Waals surface area contributed by atoms with E-state index >= 15 is 0 Å². The average molecular weight is 335 g/mol. The van der Waals surface area contributed by atoms with E-state index < -0.39 is 5.82 Å². The molecule has 3 nitrogen and oxygen atoms in total. The van der Waals surface area contributed by atoms with Crippen LogP contribution in [0.3, 0.4) is 0 Å². The van der Waals surface area contributed by atoms with Crippen LogP contribution < -0.4 is 10.6 Å². The van der Waals surface area contributed by atoms with Crippen LogP contribution in [0.5, 0.6) is 0 Å². The molecule has 1 amide bonds. The first-order chi connectivity index (χ1) is 9.58. The SMILES string of the molecule is Nc1ccc2c(c1)CCN2C(=O)c1cccc(Br)c1F. The second-order valence-corrected chi connectivity index (χ2v) is 5.55. The molecule has 0 bridgehead atoms. The first kappa shape index (κ1) is 13.1. The first-order valence-electron chi connectivity index (χ1n) is 6.22. The topological polar surface area (TPSA) is 46.3 Å². The van der Waals surface area contributed by atoms with Crippen LogP contribution in [0.1, 0.15) is 15.9 Å². The molecule has 0 spiro atoms. The molecule has 102 valence electrons. The number of halogens is 2. The minimum Gasteiger partial charge on any atom is -0.399 e. The molecule has 0 aliphatic carbocycles. The maximum Gasteiger partial charge on any atom is 0.261 e. The van der Waals surface area contributed by atoms with Crippen molar-refractivity contribution in [3.63, 3.8) is 0 Å². The predicted molar refractivity (Wildman–Crippen MR) is 80.3 cm³/mol. The highest BCUT2D eigenvalue weighted by molar-refractivity contribution is 9.10. The maximum absolute atomic E-state index is 14.0. The van der Waals surface area contributed by atoms with Gasteiger partial charge in [0.05, 0.1) is 10.0 Å². The fraction of sp³-hybridized carbons (Fsp3) is 0.133. The zero-order chi connectivity index (χ0) is 14.3. The van der Waals surface area contributed by atoms with Gasteiger partial charge in [0.2, 0.25) is 0 Å². The standard InChI is InChI=1S/C15H12BrFN2O/c16-12-3-1-2-11(14(12)17)15(20)19-7-6-9-8-10(18)4-5-13(9)19/h1-5,8H,6-7,18H2. The van der Waals surface area contributed by atoms with Crippen LogP contribution in [0, 0.1) is 5.82 Å². The Morgan fingerprint density at radius 2 is 2.10 bits per heavy atom. The van der Waals surface area contributed by atoms with Gasteiger partial charge in [0.25, 0.3) is 5.91 Å². The number of fused-ring (bicyclic) bond motifs is 1. The lowest BCUT2D eigenvalue weighted by Crippen LogP contribution is -2.29. The Balaban J connectivity index is 2.00. The number of anilines is 2. The summed E-state index contributed by atoms with van der Waals surface area (Å²) in [7, 11) is 0. The number of benzene rings is 2. The molecule has 0 saturated heterocycles. The van der Waals surface area contributed by atoms with E-state index in [2.05, 4.69) is 15.9 Å². The lowest BCUT2D eigenvalue weighted by molar-refractivity contribution is 0.0985. The van der Waals surface area contributed by atoms with Crippen LogP contribution in [0.4, 0.5) is 15.8 Å². The van der Waals surface area contributed by atoms with Gasteiger partial charge < -0.3 is 10.6 Å². The number of nitrogen functional groups attached to an aromatic ring is 1. The van der Waals surface area contributed by atoms with Gasteiger partial charge in [0, 0.05) is 17.9 Å². The molecule has 0 aromatic heterocycles. The normalized spacial score (nSPS) is 13.4. The molecule has 2 N–H and O–H groups in total. The van der Waals surface area contributed by atoms with E-state index in [9.17, 15) is 9.18 Å². The van der Waals surface area contributed by atoms with Crippen molar-refractivity contribution in [2.75, 3.05) is 17.2 Å². The van der Waals surface area contributed by atoms with Gasteiger partial charge in [-0.3, -0.25) is 4.79 Å². The van der Waals surface area contributed by atoms with Gasteiger partial charge in [-0.1, -0.05) is 6.07 Å². The second kappa shape index (κ2) is 4.90. The van der Waals surface area contributed by atoms with Crippen LogP contribution in [-0.2, 0) is 6.42 Å². The highest BCUT2D eigenvalue weighted by atomic mass is 79.9. The van der Waals surface area contributed by atoms with Crippen LogP contribution in [0.25, 0.3) is 0 Å². The van der Waals surface area contributed by atoms with Crippen LogP contribution in [-0.4, -0.2) is 12.5 Å². The minimum atomic E-state index is -0.526. The summed E-state index contributed by atoms with van der Waals surface area (Å²) in [4.78, 5) is 14.1. The summed E-state index contributed by atoms with van der Waals surface area (Å²) in [6.07, 6.45) is 0.738. The third-order valence-electron chi connectivity index (χ3n) is 3.43. The summed E-state index contributed by atoms with van der Waals surface area (Å²) in [6, 6.07) is 10.1. The molecule has 5 heteroatoms. The molecule has 0 radical (unpaired) electrons. The molecule has 0 fully saturated rings. The largest absolute Gasteiger partial charge is 0.399 e. The summed E-state index contributed by atoms with van der Waals surface area (Å²) in [6.45, 7) is 0.545. The van der Waals surface area contributed by atoms with E-state index in [0.717, 1.165) is 17.7 Å². The number of carbonyl (C=O) groups excluding carboxylic acids is 1. The van der Waals surface area contributed by atoms with Gasteiger partial charge in [0.1, 0.15) is 5.82 Å². The molecular weight excluding hydrogens is 323 g/mol. The summed E-state index contributed by atoms with van der Waals surface area (Å²) < 4.78 is 14.3. The van der Waals surface area contributed by atoms with Crippen molar-refractivity contribution < 1.29 is 9.18 Å². The zero-order valence-corrected chi connectivity index (χ0v) is 12.2. The molecule has 2 aromatic rings. The average Bonchev–Trinajstić information content (AvgIpc) is 2.84. The Labute approximate surface area is 124 Å². The van der Waals surface area contributed by atoms with Crippen molar-refractivity contribution in [1.29, 1.82) is 0 Å². The van der Waals surface area contributed by atoms with Crippen LogP contribution >= 0.6 is 15.9 Å². The van der Waals surface area contributed by atoms with Gasteiger partial charge in [-0.15, -0.1) is 0 Å². The number of nitrogens with two attached hydrogens (primary N) is 1. The third kappa shape index (κ3) is 2.08.